The van der Waals surface area contributed by atoms with Crippen LogP contribution >= 0.6 is 11.6 Å². The van der Waals surface area contributed by atoms with E-state index in [1.165, 1.54) is 24.3 Å². The lowest BCUT2D eigenvalue weighted by atomic mass is 10.2. The van der Waals surface area contributed by atoms with Crippen molar-refractivity contribution in [3.8, 4) is 0 Å². The molecule has 1 aromatic heterocycles. The van der Waals surface area contributed by atoms with Crippen LogP contribution in [0, 0.1) is 6.92 Å². The first-order valence-corrected chi connectivity index (χ1v) is 10.5. The second-order valence-corrected chi connectivity index (χ2v) is 8.37. The number of aromatic nitrogens is 1. The van der Waals surface area contributed by atoms with Crippen molar-refractivity contribution in [1.82, 2.24) is 10.3 Å². The van der Waals surface area contributed by atoms with Crippen molar-refractivity contribution in [2.45, 2.75) is 18.4 Å². The molecule has 1 heterocycles. The zero-order valence-corrected chi connectivity index (χ0v) is 17.1. The molecule has 0 spiro atoms. The summed E-state index contributed by atoms with van der Waals surface area (Å²) in [5.41, 5.74) is 2.55. The third-order valence-corrected chi connectivity index (χ3v) is 5.66. The largest absolute Gasteiger partial charge is 0.334 e. The van der Waals surface area contributed by atoms with Crippen molar-refractivity contribution in [2.24, 2.45) is 0 Å². The minimum atomic E-state index is -3.81. The number of hydrogen-bond donors (Lipinski definition) is 3. The SMILES string of the molecule is Cc1ccc(NS(=O)(=O)c2ccc(NC(=O)NCc3cccnc3)cc2)c(Cl)c1. The smallest absolute Gasteiger partial charge is 0.319 e. The summed E-state index contributed by atoms with van der Waals surface area (Å²) in [6, 6.07) is 14.1. The van der Waals surface area contributed by atoms with Gasteiger partial charge in [-0.15, -0.1) is 0 Å². The molecule has 9 heteroatoms. The minimum Gasteiger partial charge on any atom is -0.334 e. The number of sulfonamides is 1. The van der Waals surface area contributed by atoms with E-state index >= 15 is 0 Å². The molecule has 0 unspecified atom stereocenters. The number of aryl methyl sites for hydroxylation is 1. The van der Waals surface area contributed by atoms with Gasteiger partial charge in [-0.2, -0.15) is 0 Å². The van der Waals surface area contributed by atoms with Crippen molar-refractivity contribution in [1.29, 1.82) is 0 Å². The Bertz CT molecular complexity index is 1100. The van der Waals surface area contributed by atoms with Crippen molar-refractivity contribution in [3.05, 3.63) is 83.1 Å². The molecule has 0 bridgehead atoms. The number of urea groups is 1. The van der Waals surface area contributed by atoms with Crippen molar-refractivity contribution >= 4 is 39.0 Å². The Kier molecular flexibility index (Phi) is 6.36. The van der Waals surface area contributed by atoms with E-state index in [2.05, 4.69) is 20.3 Å². The summed E-state index contributed by atoms with van der Waals surface area (Å²) in [6.45, 7) is 2.19. The summed E-state index contributed by atoms with van der Waals surface area (Å²) >= 11 is 6.09. The molecule has 7 nitrogen and oxygen atoms in total. The molecule has 0 aliphatic carbocycles. The van der Waals surface area contributed by atoms with Crippen LogP contribution < -0.4 is 15.4 Å². The van der Waals surface area contributed by atoms with E-state index in [9.17, 15) is 13.2 Å². The fourth-order valence-corrected chi connectivity index (χ4v) is 3.90. The quantitative estimate of drug-likeness (QED) is 0.546. The molecule has 0 radical (unpaired) electrons. The highest BCUT2D eigenvalue weighted by Crippen LogP contribution is 2.26. The van der Waals surface area contributed by atoms with Gasteiger partial charge in [-0.05, 0) is 60.5 Å². The summed E-state index contributed by atoms with van der Waals surface area (Å²) in [5, 5.41) is 5.67. The van der Waals surface area contributed by atoms with Crippen LogP contribution in [0.15, 0.2) is 71.9 Å². The maximum absolute atomic E-state index is 12.6. The van der Waals surface area contributed by atoms with Crippen LogP contribution in [0.25, 0.3) is 0 Å². The van der Waals surface area contributed by atoms with Gasteiger partial charge in [-0.1, -0.05) is 23.7 Å². The van der Waals surface area contributed by atoms with Crippen molar-refractivity contribution in [2.75, 3.05) is 10.0 Å². The first-order chi connectivity index (χ1) is 13.8. The molecule has 3 aromatic rings. The van der Waals surface area contributed by atoms with Crippen molar-refractivity contribution in [3.63, 3.8) is 0 Å². The fourth-order valence-electron chi connectivity index (χ4n) is 2.48. The van der Waals surface area contributed by atoms with Gasteiger partial charge in [-0.25, -0.2) is 13.2 Å². The van der Waals surface area contributed by atoms with Gasteiger partial charge in [0.1, 0.15) is 0 Å². The molecule has 2 amide bonds. The van der Waals surface area contributed by atoms with E-state index in [0.717, 1.165) is 11.1 Å². The van der Waals surface area contributed by atoms with Crippen LogP contribution in [0.1, 0.15) is 11.1 Å². The Hall–Kier alpha value is -3.10. The number of carbonyl (C=O) groups excluding carboxylic acids is 1. The van der Waals surface area contributed by atoms with Crippen LogP contribution in [0.3, 0.4) is 0 Å². The highest BCUT2D eigenvalue weighted by atomic mass is 35.5. The first kappa shape index (κ1) is 20.6. The number of carbonyl (C=O) groups is 1. The monoisotopic (exact) mass is 430 g/mol. The molecule has 0 fully saturated rings. The van der Waals surface area contributed by atoms with Gasteiger partial charge < -0.3 is 10.6 Å². The third kappa shape index (κ3) is 5.69. The van der Waals surface area contributed by atoms with E-state index in [0.29, 0.717) is 22.9 Å². The average Bonchev–Trinajstić information content (AvgIpc) is 2.70. The number of anilines is 2. The molecular weight excluding hydrogens is 412 g/mol. The van der Waals surface area contributed by atoms with Crippen molar-refractivity contribution < 1.29 is 13.2 Å². The Morgan fingerprint density at radius 2 is 1.86 bits per heavy atom. The molecule has 0 saturated carbocycles. The molecule has 29 heavy (non-hydrogen) atoms. The van der Waals surface area contributed by atoms with Crippen LogP contribution in [-0.2, 0) is 16.6 Å². The number of rotatable bonds is 6. The minimum absolute atomic E-state index is 0.0514. The first-order valence-electron chi connectivity index (χ1n) is 8.66. The van der Waals surface area contributed by atoms with Gasteiger partial charge in [0.05, 0.1) is 15.6 Å². The topological polar surface area (TPSA) is 100 Å². The zero-order chi connectivity index (χ0) is 20.9. The zero-order valence-electron chi connectivity index (χ0n) is 15.5. The van der Waals surface area contributed by atoms with E-state index in [1.807, 2.05) is 13.0 Å². The number of nitrogens with zero attached hydrogens (tertiary/aromatic N) is 1. The number of hydrogen-bond acceptors (Lipinski definition) is 4. The predicted molar refractivity (Wildman–Crippen MR) is 114 cm³/mol. The van der Waals surface area contributed by atoms with E-state index in [1.54, 1.807) is 36.7 Å². The summed E-state index contributed by atoms with van der Waals surface area (Å²) in [4.78, 5) is 16.0. The predicted octanol–water partition coefficient (Wildman–Crippen LogP) is 4.17. The molecule has 0 saturated heterocycles. The molecule has 0 aliphatic rings. The van der Waals surface area contributed by atoms with Crippen LogP contribution in [0.5, 0.6) is 0 Å². The van der Waals surface area contributed by atoms with Gasteiger partial charge in [-0.3, -0.25) is 9.71 Å². The van der Waals surface area contributed by atoms with E-state index < -0.39 is 16.1 Å². The fraction of sp³-hybridized carbons (Fsp3) is 0.100. The molecule has 0 aliphatic heterocycles. The van der Waals surface area contributed by atoms with Crippen LogP contribution in [-0.4, -0.2) is 19.4 Å². The maximum Gasteiger partial charge on any atom is 0.319 e. The third-order valence-electron chi connectivity index (χ3n) is 3.97. The molecule has 3 rings (SSSR count). The second kappa shape index (κ2) is 8.93. The lowest BCUT2D eigenvalue weighted by Gasteiger charge is -2.11. The van der Waals surface area contributed by atoms with Gasteiger partial charge in [0.2, 0.25) is 0 Å². The Morgan fingerprint density at radius 3 is 2.52 bits per heavy atom. The van der Waals surface area contributed by atoms with E-state index in [-0.39, 0.29) is 4.90 Å². The molecule has 3 N–H and O–H groups in total. The Balaban J connectivity index is 1.62. The summed E-state index contributed by atoms with van der Waals surface area (Å²) in [5.74, 6) is 0. The number of halogens is 1. The average molecular weight is 431 g/mol. The van der Waals surface area contributed by atoms with Crippen LogP contribution in [0.2, 0.25) is 5.02 Å². The number of amides is 2. The maximum atomic E-state index is 12.6. The summed E-state index contributed by atoms with van der Waals surface area (Å²) < 4.78 is 27.6. The molecule has 2 aromatic carbocycles. The normalized spacial score (nSPS) is 11.0. The van der Waals surface area contributed by atoms with Gasteiger partial charge in [0.25, 0.3) is 10.0 Å². The lowest BCUT2D eigenvalue weighted by molar-refractivity contribution is 0.251. The highest BCUT2D eigenvalue weighted by molar-refractivity contribution is 7.92. The highest BCUT2D eigenvalue weighted by Gasteiger charge is 2.16. The second-order valence-electron chi connectivity index (χ2n) is 6.28. The molecular formula is C20H19ClN4O3S. The van der Waals surface area contributed by atoms with E-state index in [4.69, 9.17) is 11.6 Å². The molecule has 0 atom stereocenters. The summed E-state index contributed by atoms with van der Waals surface area (Å²) in [7, 11) is -3.81. The number of pyridine rings is 1. The standard InChI is InChI=1S/C20H19ClN4O3S/c1-14-4-9-19(18(21)11-14)25-29(27,28)17-7-5-16(6-8-17)24-20(26)23-13-15-3-2-10-22-12-15/h2-12,25H,13H2,1H3,(H2,23,24,26). The Labute approximate surface area is 174 Å². The van der Waals surface area contributed by atoms with Gasteiger partial charge in [0, 0.05) is 24.6 Å². The van der Waals surface area contributed by atoms with Gasteiger partial charge in [0.15, 0.2) is 0 Å². The van der Waals surface area contributed by atoms with Crippen LogP contribution in [0.4, 0.5) is 16.2 Å². The Morgan fingerprint density at radius 1 is 1.10 bits per heavy atom. The lowest BCUT2D eigenvalue weighted by Crippen LogP contribution is -2.28. The number of nitrogens with one attached hydrogen (secondary N) is 3. The van der Waals surface area contributed by atoms with Gasteiger partial charge >= 0.3 is 6.03 Å². The summed E-state index contributed by atoms with van der Waals surface area (Å²) in [6.07, 6.45) is 3.31. The number of benzene rings is 2. The molecule has 150 valence electrons.